The molecule has 2 aromatic carbocycles. The van der Waals surface area contributed by atoms with Gasteiger partial charge in [0, 0.05) is 24.9 Å². The summed E-state index contributed by atoms with van der Waals surface area (Å²) in [5, 5.41) is 6.99. The van der Waals surface area contributed by atoms with Crippen molar-refractivity contribution in [1.82, 2.24) is 10.6 Å². The quantitative estimate of drug-likeness (QED) is 0.245. The zero-order chi connectivity index (χ0) is 19.9. The minimum Gasteiger partial charge on any atom is -0.492 e. The third-order valence-electron chi connectivity index (χ3n) is 3.78. The number of benzene rings is 2. The lowest BCUT2D eigenvalue weighted by Gasteiger charge is -2.13. The molecule has 0 aliphatic rings. The Labute approximate surface area is 188 Å². The Kier molecular flexibility index (Phi) is 10.0. The van der Waals surface area contributed by atoms with Crippen molar-refractivity contribution in [3.05, 3.63) is 58.6 Å². The van der Waals surface area contributed by atoms with E-state index in [-0.39, 0.29) is 24.0 Å². The van der Waals surface area contributed by atoms with Crippen molar-refractivity contribution in [3.8, 4) is 5.75 Å². The molecule has 0 amide bonds. The first-order valence-corrected chi connectivity index (χ1v) is 10.7. The van der Waals surface area contributed by atoms with Crippen molar-refractivity contribution in [2.75, 3.05) is 26.5 Å². The molecule has 0 spiro atoms. The standard InChI is InChI=1S/C19H24ClN3O3S.HI/c1-14-11-15(7-8-18(14)27(3,24)25)13-23-19(21-2)22-9-10-26-17-6-4-5-16(20)12-17;/h4-8,11-12H,9-10,13H2,1-3H3,(H2,21,22,23);1H. The molecule has 0 aromatic heterocycles. The molecule has 0 unspecified atom stereocenters. The molecule has 154 valence electrons. The highest BCUT2D eigenvalue weighted by Crippen LogP contribution is 2.17. The monoisotopic (exact) mass is 537 g/mol. The molecular formula is C19H25ClIN3O3S. The van der Waals surface area contributed by atoms with Crippen LogP contribution >= 0.6 is 35.6 Å². The van der Waals surface area contributed by atoms with Crippen LogP contribution in [-0.4, -0.2) is 40.8 Å². The van der Waals surface area contributed by atoms with Crippen LogP contribution in [0.25, 0.3) is 0 Å². The van der Waals surface area contributed by atoms with Crippen molar-refractivity contribution in [2.45, 2.75) is 18.4 Å². The van der Waals surface area contributed by atoms with E-state index in [1.165, 1.54) is 6.26 Å². The summed E-state index contributed by atoms with van der Waals surface area (Å²) in [6.07, 6.45) is 1.21. The Balaban J connectivity index is 0.00000392. The highest BCUT2D eigenvalue weighted by molar-refractivity contribution is 14.0. The number of aryl methyl sites for hydroxylation is 1. The SMILES string of the molecule is CN=C(NCCOc1cccc(Cl)c1)NCc1ccc(S(C)(=O)=O)c(C)c1.I. The van der Waals surface area contributed by atoms with Crippen molar-refractivity contribution in [3.63, 3.8) is 0 Å². The molecule has 9 heteroatoms. The number of nitrogens with zero attached hydrogens (tertiary/aromatic N) is 1. The van der Waals surface area contributed by atoms with Crippen LogP contribution in [0.4, 0.5) is 0 Å². The maximum Gasteiger partial charge on any atom is 0.191 e. The first kappa shape index (κ1) is 24.5. The number of hydrogen-bond donors (Lipinski definition) is 2. The lowest BCUT2D eigenvalue weighted by molar-refractivity contribution is 0.322. The molecule has 2 N–H and O–H groups in total. The molecule has 2 aromatic rings. The van der Waals surface area contributed by atoms with Gasteiger partial charge in [0.1, 0.15) is 12.4 Å². The van der Waals surface area contributed by atoms with Crippen LogP contribution in [0.1, 0.15) is 11.1 Å². The van der Waals surface area contributed by atoms with Crippen LogP contribution in [0.15, 0.2) is 52.4 Å². The molecule has 0 saturated heterocycles. The molecule has 0 fully saturated rings. The Bertz CT molecular complexity index is 920. The second-order valence-electron chi connectivity index (χ2n) is 6.03. The van der Waals surface area contributed by atoms with Crippen molar-refractivity contribution in [1.29, 1.82) is 0 Å². The van der Waals surface area contributed by atoms with Crippen molar-refractivity contribution >= 4 is 51.4 Å². The van der Waals surface area contributed by atoms with E-state index in [4.69, 9.17) is 16.3 Å². The van der Waals surface area contributed by atoms with Crippen LogP contribution in [0.3, 0.4) is 0 Å². The largest absolute Gasteiger partial charge is 0.492 e. The van der Waals surface area contributed by atoms with E-state index >= 15 is 0 Å². The van der Waals surface area contributed by atoms with Gasteiger partial charge in [0.15, 0.2) is 15.8 Å². The molecule has 6 nitrogen and oxygen atoms in total. The molecule has 0 atom stereocenters. The third kappa shape index (κ3) is 7.84. The Morgan fingerprint density at radius 1 is 1.18 bits per heavy atom. The first-order chi connectivity index (χ1) is 12.8. The molecular weight excluding hydrogens is 513 g/mol. The fourth-order valence-electron chi connectivity index (χ4n) is 2.54. The number of ether oxygens (including phenoxy) is 1. The summed E-state index contributed by atoms with van der Waals surface area (Å²) < 4.78 is 29.0. The van der Waals surface area contributed by atoms with E-state index in [1.54, 1.807) is 38.2 Å². The number of halogens is 2. The molecule has 0 aliphatic heterocycles. The van der Waals surface area contributed by atoms with Gasteiger partial charge in [0.05, 0.1) is 11.4 Å². The van der Waals surface area contributed by atoms with Crippen molar-refractivity contribution < 1.29 is 13.2 Å². The minimum atomic E-state index is -3.21. The average molecular weight is 538 g/mol. The second kappa shape index (κ2) is 11.5. The fourth-order valence-corrected chi connectivity index (χ4v) is 3.68. The van der Waals surface area contributed by atoms with Gasteiger partial charge in [-0.1, -0.05) is 29.8 Å². The summed E-state index contributed by atoms with van der Waals surface area (Å²) in [4.78, 5) is 4.52. The number of sulfone groups is 1. The minimum absolute atomic E-state index is 0. The number of guanidine groups is 1. The Morgan fingerprint density at radius 2 is 1.93 bits per heavy atom. The molecule has 0 bridgehead atoms. The topological polar surface area (TPSA) is 79.8 Å². The zero-order valence-electron chi connectivity index (χ0n) is 16.0. The Hall–Kier alpha value is -1.52. The van der Waals surface area contributed by atoms with Gasteiger partial charge in [-0.25, -0.2) is 8.42 Å². The highest BCUT2D eigenvalue weighted by Gasteiger charge is 2.10. The Morgan fingerprint density at radius 3 is 2.54 bits per heavy atom. The van der Waals surface area contributed by atoms with Gasteiger partial charge in [0.25, 0.3) is 0 Å². The maximum absolute atomic E-state index is 11.7. The van der Waals surface area contributed by atoms with E-state index in [0.29, 0.717) is 41.3 Å². The summed E-state index contributed by atoms with van der Waals surface area (Å²) in [5.41, 5.74) is 1.70. The zero-order valence-corrected chi connectivity index (χ0v) is 19.9. The van der Waals surface area contributed by atoms with Gasteiger partial charge in [-0.05, 0) is 42.3 Å². The van der Waals surface area contributed by atoms with Gasteiger partial charge >= 0.3 is 0 Å². The summed E-state index contributed by atoms with van der Waals surface area (Å²) in [6.45, 7) is 3.35. The van der Waals surface area contributed by atoms with Crippen LogP contribution in [0.5, 0.6) is 5.75 Å². The number of nitrogens with one attached hydrogen (secondary N) is 2. The average Bonchev–Trinajstić information content (AvgIpc) is 2.60. The predicted octanol–water partition coefficient (Wildman–Crippen LogP) is 3.41. The molecule has 0 radical (unpaired) electrons. The molecule has 0 aliphatic carbocycles. The maximum atomic E-state index is 11.7. The fraction of sp³-hybridized carbons (Fsp3) is 0.316. The van der Waals surface area contributed by atoms with E-state index in [1.807, 2.05) is 18.2 Å². The van der Waals surface area contributed by atoms with Gasteiger partial charge in [-0.2, -0.15) is 0 Å². The van der Waals surface area contributed by atoms with E-state index in [2.05, 4.69) is 15.6 Å². The first-order valence-electron chi connectivity index (χ1n) is 8.42. The van der Waals surface area contributed by atoms with Crippen LogP contribution < -0.4 is 15.4 Å². The van der Waals surface area contributed by atoms with Gasteiger partial charge in [-0.15, -0.1) is 24.0 Å². The van der Waals surface area contributed by atoms with Crippen molar-refractivity contribution in [2.24, 2.45) is 4.99 Å². The normalized spacial score (nSPS) is 11.5. The van der Waals surface area contributed by atoms with E-state index < -0.39 is 9.84 Å². The van der Waals surface area contributed by atoms with E-state index in [9.17, 15) is 8.42 Å². The molecule has 0 heterocycles. The summed E-state index contributed by atoms with van der Waals surface area (Å²) in [5.74, 6) is 1.35. The smallest absolute Gasteiger partial charge is 0.191 e. The van der Waals surface area contributed by atoms with Crippen LogP contribution in [0, 0.1) is 6.92 Å². The summed E-state index contributed by atoms with van der Waals surface area (Å²) in [7, 11) is -1.52. The number of aliphatic imine (C=N–C) groups is 1. The predicted molar refractivity (Wildman–Crippen MR) is 125 cm³/mol. The van der Waals surface area contributed by atoms with Gasteiger partial charge in [-0.3, -0.25) is 4.99 Å². The lowest BCUT2D eigenvalue weighted by Crippen LogP contribution is -2.38. The van der Waals surface area contributed by atoms with Gasteiger partial charge < -0.3 is 15.4 Å². The second-order valence-corrected chi connectivity index (χ2v) is 8.45. The highest BCUT2D eigenvalue weighted by atomic mass is 127. The molecule has 28 heavy (non-hydrogen) atoms. The molecule has 2 rings (SSSR count). The number of rotatable bonds is 7. The van der Waals surface area contributed by atoms with Gasteiger partial charge in [0.2, 0.25) is 0 Å². The van der Waals surface area contributed by atoms with Crippen LogP contribution in [0.2, 0.25) is 5.02 Å². The van der Waals surface area contributed by atoms with Crippen LogP contribution in [-0.2, 0) is 16.4 Å². The third-order valence-corrected chi connectivity index (χ3v) is 5.27. The van der Waals surface area contributed by atoms with E-state index in [0.717, 1.165) is 11.1 Å². The summed E-state index contributed by atoms with van der Waals surface area (Å²) in [6, 6.07) is 12.5. The number of hydrogen-bond acceptors (Lipinski definition) is 4. The molecule has 0 saturated carbocycles. The lowest BCUT2D eigenvalue weighted by atomic mass is 10.1. The summed E-state index contributed by atoms with van der Waals surface area (Å²) >= 11 is 5.92.